The van der Waals surface area contributed by atoms with E-state index in [4.69, 9.17) is 9.47 Å². The zero-order valence-electron chi connectivity index (χ0n) is 27.8. The summed E-state index contributed by atoms with van der Waals surface area (Å²) in [6.45, 7) is 1.10. The zero-order valence-corrected chi connectivity index (χ0v) is 27.8. The lowest BCUT2D eigenvalue weighted by molar-refractivity contribution is -0.126. The molecule has 3 aromatic rings. The van der Waals surface area contributed by atoms with E-state index < -0.39 is 53.6 Å². The van der Waals surface area contributed by atoms with Gasteiger partial charge >= 0.3 is 23.9 Å². The molecule has 18 nitrogen and oxygen atoms in total. The number of carbonyl (C=O) groups excluding carboxylic acids is 8. The van der Waals surface area contributed by atoms with Crippen molar-refractivity contribution < 1.29 is 57.3 Å². The molecule has 0 aliphatic rings. The lowest BCUT2D eigenvalue weighted by Gasteiger charge is -2.17. The molecule has 18 heteroatoms. The summed E-state index contributed by atoms with van der Waals surface area (Å²) >= 11 is 0. The first kappa shape index (κ1) is 38.6. The third kappa shape index (κ3) is 10.1. The van der Waals surface area contributed by atoms with E-state index in [-0.39, 0.29) is 51.3 Å². The predicted molar refractivity (Wildman–Crippen MR) is 178 cm³/mol. The first-order valence-corrected chi connectivity index (χ1v) is 14.6. The Bertz CT molecular complexity index is 1880. The summed E-state index contributed by atoms with van der Waals surface area (Å²) in [5, 5.41) is 12.7. The number of ketones is 1. The molecule has 2 atom stereocenters. The molecule has 0 heterocycles. The van der Waals surface area contributed by atoms with Crippen molar-refractivity contribution >= 4 is 70.5 Å². The number of azo groups is 1. The van der Waals surface area contributed by atoms with E-state index in [1.54, 1.807) is 0 Å². The van der Waals surface area contributed by atoms with Crippen molar-refractivity contribution in [1.82, 2.24) is 5.43 Å². The van der Waals surface area contributed by atoms with Crippen LogP contribution < -0.4 is 21.5 Å². The van der Waals surface area contributed by atoms with E-state index in [1.807, 2.05) is 0 Å². The molecule has 266 valence electrons. The fourth-order valence-corrected chi connectivity index (χ4v) is 4.14. The normalized spacial score (nSPS) is 11.7. The highest BCUT2D eigenvalue weighted by molar-refractivity contribution is 6.10. The summed E-state index contributed by atoms with van der Waals surface area (Å²) in [5.41, 5.74) is 5.32. The molecule has 3 aromatic carbocycles. The van der Waals surface area contributed by atoms with Crippen LogP contribution in [0.4, 0.5) is 22.7 Å². The van der Waals surface area contributed by atoms with Crippen molar-refractivity contribution in [2.45, 2.75) is 19.0 Å². The Hall–Kier alpha value is -6.82. The van der Waals surface area contributed by atoms with Crippen LogP contribution in [0.25, 0.3) is 0 Å². The number of ether oxygens (including phenoxy) is 4. The Morgan fingerprint density at radius 1 is 0.647 bits per heavy atom. The number of aldehydes is 1. The van der Waals surface area contributed by atoms with Crippen molar-refractivity contribution in [3.63, 3.8) is 0 Å². The highest BCUT2D eigenvalue weighted by atomic mass is 16.5. The number of amides is 2. The third-order valence-corrected chi connectivity index (χ3v) is 6.79. The molecule has 0 fully saturated rings. The van der Waals surface area contributed by atoms with E-state index in [9.17, 15) is 38.4 Å². The molecular weight excluding hydrogens is 672 g/mol. The van der Waals surface area contributed by atoms with Crippen LogP contribution in [0, 0.1) is 0 Å². The van der Waals surface area contributed by atoms with Gasteiger partial charge in [0.2, 0.25) is 6.04 Å². The summed E-state index contributed by atoms with van der Waals surface area (Å²) < 4.78 is 18.8. The first-order chi connectivity index (χ1) is 24.4. The van der Waals surface area contributed by atoms with Crippen LogP contribution >= 0.6 is 0 Å². The van der Waals surface area contributed by atoms with E-state index >= 15 is 0 Å². The van der Waals surface area contributed by atoms with Gasteiger partial charge in [-0.15, -0.1) is 0 Å². The molecule has 0 radical (unpaired) electrons. The van der Waals surface area contributed by atoms with Crippen LogP contribution in [0.5, 0.6) is 0 Å². The number of hydrogen-bond acceptors (Lipinski definition) is 16. The van der Waals surface area contributed by atoms with Gasteiger partial charge in [0, 0.05) is 11.4 Å². The van der Waals surface area contributed by atoms with E-state index in [1.165, 1.54) is 67.8 Å². The van der Waals surface area contributed by atoms with Crippen molar-refractivity contribution in [3.05, 3.63) is 82.9 Å². The van der Waals surface area contributed by atoms with Crippen molar-refractivity contribution in [3.8, 4) is 0 Å². The number of rotatable bonds is 15. The molecule has 2 unspecified atom stereocenters. The number of hydrazine groups is 1. The Balaban J connectivity index is 1.70. The lowest BCUT2D eigenvalue weighted by Crippen LogP contribution is -2.45. The standard InChI is InChI=1S/C33H32N6O12/c1-17(41)27(39-37-25-15-19(31(45)49-3)7-13-23(25)33(47)51-5)29(43)35-21-10-8-20(9-11-21)34-28(42)26(16-40)38-36-24-14-18(30(44)48-2)6-12-22(24)32(46)50-4/h6-16,26-27,36,38H,1-5H3,(H,34,42)(H,35,43). The van der Waals surface area contributed by atoms with Crippen LogP contribution in [0.2, 0.25) is 0 Å². The molecule has 0 saturated heterocycles. The van der Waals surface area contributed by atoms with Crippen LogP contribution in [-0.4, -0.2) is 88.3 Å². The molecule has 0 aliphatic carbocycles. The topological polar surface area (TPSA) is 246 Å². The molecule has 0 bridgehead atoms. The molecule has 0 saturated carbocycles. The highest BCUT2D eigenvalue weighted by Crippen LogP contribution is 2.24. The van der Waals surface area contributed by atoms with Gasteiger partial charge in [-0.2, -0.15) is 10.2 Å². The second-order valence-electron chi connectivity index (χ2n) is 10.1. The third-order valence-electron chi connectivity index (χ3n) is 6.79. The van der Waals surface area contributed by atoms with Crippen molar-refractivity contribution in [1.29, 1.82) is 0 Å². The summed E-state index contributed by atoms with van der Waals surface area (Å²) in [4.78, 5) is 98.2. The second-order valence-corrected chi connectivity index (χ2v) is 10.1. The summed E-state index contributed by atoms with van der Waals surface area (Å²) in [7, 11) is 4.62. The maximum atomic E-state index is 13.0. The Kier molecular flexibility index (Phi) is 13.7. The molecule has 2 amide bonds. The van der Waals surface area contributed by atoms with Gasteiger partial charge in [0.25, 0.3) is 11.8 Å². The monoisotopic (exact) mass is 704 g/mol. The molecule has 0 aliphatic heterocycles. The quantitative estimate of drug-likeness (QED) is 0.0444. The lowest BCUT2D eigenvalue weighted by atomic mass is 10.1. The second kappa shape index (κ2) is 18.1. The fourth-order valence-electron chi connectivity index (χ4n) is 4.14. The van der Waals surface area contributed by atoms with Crippen molar-refractivity contribution in [2.24, 2.45) is 10.2 Å². The Labute approximate surface area is 289 Å². The minimum absolute atomic E-state index is 0.00690. The van der Waals surface area contributed by atoms with Crippen LogP contribution in [-0.2, 0) is 38.1 Å². The van der Waals surface area contributed by atoms with Gasteiger partial charge in [-0.1, -0.05) is 0 Å². The maximum Gasteiger partial charge on any atom is 0.340 e. The molecule has 51 heavy (non-hydrogen) atoms. The number of carbonyl (C=O) groups is 8. The Morgan fingerprint density at radius 2 is 1.14 bits per heavy atom. The molecular formula is C33H32N6O12. The first-order valence-electron chi connectivity index (χ1n) is 14.6. The minimum Gasteiger partial charge on any atom is -0.465 e. The summed E-state index contributed by atoms with van der Waals surface area (Å²) in [6, 6.07) is 10.1. The highest BCUT2D eigenvalue weighted by Gasteiger charge is 2.25. The predicted octanol–water partition coefficient (Wildman–Crippen LogP) is 2.64. The fraction of sp³-hybridized carbons (Fsp3) is 0.212. The largest absolute Gasteiger partial charge is 0.465 e. The zero-order chi connectivity index (χ0) is 37.7. The number of methoxy groups -OCH3 is 4. The average Bonchev–Trinajstić information content (AvgIpc) is 3.14. The van der Waals surface area contributed by atoms with Gasteiger partial charge in [-0.3, -0.25) is 14.4 Å². The smallest absolute Gasteiger partial charge is 0.340 e. The van der Waals surface area contributed by atoms with Crippen LogP contribution in [0.3, 0.4) is 0 Å². The number of esters is 4. The van der Waals surface area contributed by atoms with Crippen LogP contribution in [0.1, 0.15) is 48.4 Å². The number of nitrogens with one attached hydrogen (secondary N) is 4. The average molecular weight is 705 g/mol. The van der Waals surface area contributed by atoms with E-state index in [0.717, 1.165) is 28.3 Å². The summed E-state index contributed by atoms with van der Waals surface area (Å²) in [6.07, 6.45) is 0.287. The Morgan fingerprint density at radius 3 is 1.65 bits per heavy atom. The summed E-state index contributed by atoms with van der Waals surface area (Å²) in [5.74, 6) is -5.39. The van der Waals surface area contributed by atoms with Crippen LogP contribution in [0.15, 0.2) is 70.9 Å². The number of benzene rings is 3. The van der Waals surface area contributed by atoms with Gasteiger partial charge in [-0.05, 0) is 67.6 Å². The van der Waals surface area contributed by atoms with Gasteiger partial charge in [0.1, 0.15) is 12.0 Å². The van der Waals surface area contributed by atoms with Gasteiger partial charge in [-0.25, -0.2) is 24.6 Å². The maximum absolute atomic E-state index is 13.0. The van der Waals surface area contributed by atoms with Crippen molar-refractivity contribution in [2.75, 3.05) is 44.5 Å². The number of anilines is 3. The molecule has 3 rings (SSSR count). The SMILES string of the molecule is COC(=O)c1ccc(C(=O)OC)c(N=NC(C(C)=O)C(=O)Nc2ccc(NC(=O)C(C=O)NNc3cc(C(=O)OC)ccc3C(=O)OC)cc2)c1. The molecule has 0 aromatic heterocycles. The van der Waals surface area contributed by atoms with Gasteiger partial charge < -0.3 is 39.8 Å². The van der Waals surface area contributed by atoms with E-state index in [2.05, 4.69) is 41.2 Å². The van der Waals surface area contributed by atoms with E-state index in [0.29, 0.717) is 0 Å². The number of Topliss-reactive ketones (excluding diaryl/α,β-unsaturated/α-hetero) is 1. The molecule has 0 spiro atoms. The number of hydrogen-bond donors (Lipinski definition) is 4. The van der Waals surface area contributed by atoms with Gasteiger partial charge in [0.15, 0.2) is 11.8 Å². The molecule has 4 N–H and O–H groups in total. The number of nitrogens with zero attached hydrogens (tertiary/aromatic N) is 2. The minimum atomic E-state index is -1.66. The van der Waals surface area contributed by atoms with Gasteiger partial charge in [0.05, 0.1) is 56.4 Å².